The second-order valence-corrected chi connectivity index (χ2v) is 4.28. The van der Waals surface area contributed by atoms with Crippen molar-refractivity contribution < 1.29 is 9.53 Å². The zero-order valence-electron chi connectivity index (χ0n) is 8.90. The van der Waals surface area contributed by atoms with Gasteiger partial charge in [0.05, 0.1) is 5.56 Å². The molecule has 4 nitrogen and oxygen atoms in total. The van der Waals surface area contributed by atoms with Gasteiger partial charge in [0.1, 0.15) is 0 Å². The summed E-state index contributed by atoms with van der Waals surface area (Å²) in [7, 11) is 0. The molecule has 82 valence electrons. The molecule has 1 aromatic rings. The van der Waals surface area contributed by atoms with E-state index >= 15 is 0 Å². The highest BCUT2D eigenvalue weighted by atomic mass is 16.5. The number of carbonyl (C=O) groups is 1. The highest BCUT2D eigenvalue weighted by Crippen LogP contribution is 2.28. The Kier molecular flexibility index (Phi) is 2.52. The highest BCUT2D eigenvalue weighted by molar-refractivity contribution is 5.92. The molecule has 1 saturated heterocycles. The van der Waals surface area contributed by atoms with E-state index in [1.54, 1.807) is 6.07 Å². The summed E-state index contributed by atoms with van der Waals surface area (Å²) in [5.74, 6) is -0.371. The van der Waals surface area contributed by atoms with Gasteiger partial charge < -0.3 is 15.0 Å². The van der Waals surface area contributed by atoms with Crippen LogP contribution in [0.2, 0.25) is 0 Å². The number of nitrogens with zero attached hydrogens (tertiary/aromatic N) is 1. The van der Waals surface area contributed by atoms with Crippen LogP contribution >= 0.6 is 0 Å². The SMILES string of the molecule is CC1(n2ccc(C(N)=O)c2)CCOCC1. The van der Waals surface area contributed by atoms with E-state index in [9.17, 15) is 4.79 Å². The van der Waals surface area contributed by atoms with E-state index in [2.05, 4.69) is 11.5 Å². The first-order chi connectivity index (χ1) is 7.12. The summed E-state index contributed by atoms with van der Waals surface area (Å²) in [4.78, 5) is 11.0. The van der Waals surface area contributed by atoms with Gasteiger partial charge in [-0.25, -0.2) is 0 Å². The molecule has 0 bridgehead atoms. The van der Waals surface area contributed by atoms with Crippen LogP contribution in [0, 0.1) is 0 Å². The predicted octanol–water partition coefficient (Wildman–Crippen LogP) is 1.11. The molecule has 1 fully saturated rings. The summed E-state index contributed by atoms with van der Waals surface area (Å²) in [6.45, 7) is 3.74. The molecular formula is C11H16N2O2. The number of hydrogen-bond donors (Lipinski definition) is 1. The van der Waals surface area contributed by atoms with Crippen LogP contribution in [0.5, 0.6) is 0 Å². The summed E-state index contributed by atoms with van der Waals surface area (Å²) >= 11 is 0. The van der Waals surface area contributed by atoms with E-state index in [1.807, 2.05) is 12.4 Å². The average Bonchev–Trinajstić information content (AvgIpc) is 2.68. The number of ether oxygens (including phenoxy) is 1. The Bertz CT molecular complexity index is 364. The van der Waals surface area contributed by atoms with Crippen LogP contribution < -0.4 is 5.73 Å². The molecule has 4 heteroatoms. The lowest BCUT2D eigenvalue weighted by Crippen LogP contribution is -2.35. The van der Waals surface area contributed by atoms with Crippen molar-refractivity contribution in [2.45, 2.75) is 25.3 Å². The van der Waals surface area contributed by atoms with E-state index in [0.29, 0.717) is 5.56 Å². The van der Waals surface area contributed by atoms with E-state index < -0.39 is 0 Å². The first kappa shape index (κ1) is 10.2. The molecule has 1 aliphatic rings. The maximum absolute atomic E-state index is 11.0. The smallest absolute Gasteiger partial charge is 0.250 e. The van der Waals surface area contributed by atoms with Gasteiger partial charge in [-0.1, -0.05) is 0 Å². The summed E-state index contributed by atoms with van der Waals surface area (Å²) in [6, 6.07) is 1.77. The average molecular weight is 208 g/mol. The fraction of sp³-hybridized carbons (Fsp3) is 0.545. The highest BCUT2D eigenvalue weighted by Gasteiger charge is 2.28. The Balaban J connectivity index is 2.23. The molecule has 0 spiro atoms. The number of nitrogens with two attached hydrogens (primary N) is 1. The van der Waals surface area contributed by atoms with Crippen molar-refractivity contribution in [3.63, 3.8) is 0 Å². The fourth-order valence-electron chi connectivity index (χ4n) is 1.95. The van der Waals surface area contributed by atoms with Crippen LogP contribution in [0.15, 0.2) is 18.5 Å². The Labute approximate surface area is 89.0 Å². The number of aromatic nitrogens is 1. The maximum atomic E-state index is 11.0. The molecule has 0 saturated carbocycles. The topological polar surface area (TPSA) is 57.2 Å². The molecule has 0 atom stereocenters. The fourth-order valence-corrected chi connectivity index (χ4v) is 1.95. The van der Waals surface area contributed by atoms with Gasteiger partial charge in [-0.3, -0.25) is 4.79 Å². The van der Waals surface area contributed by atoms with Crippen LogP contribution in [0.4, 0.5) is 0 Å². The third kappa shape index (κ3) is 1.90. The molecule has 2 N–H and O–H groups in total. The van der Waals surface area contributed by atoms with Gasteiger partial charge in [-0.05, 0) is 25.8 Å². The zero-order valence-corrected chi connectivity index (χ0v) is 8.90. The van der Waals surface area contributed by atoms with E-state index in [4.69, 9.17) is 10.5 Å². The van der Waals surface area contributed by atoms with Crippen LogP contribution in [0.3, 0.4) is 0 Å². The van der Waals surface area contributed by atoms with Crippen molar-refractivity contribution >= 4 is 5.91 Å². The van der Waals surface area contributed by atoms with Gasteiger partial charge in [-0.2, -0.15) is 0 Å². The van der Waals surface area contributed by atoms with Gasteiger partial charge >= 0.3 is 0 Å². The largest absolute Gasteiger partial charge is 0.381 e. The molecule has 15 heavy (non-hydrogen) atoms. The van der Waals surface area contributed by atoms with E-state index in [-0.39, 0.29) is 11.4 Å². The van der Waals surface area contributed by atoms with Gasteiger partial charge in [0.2, 0.25) is 5.91 Å². The third-order valence-corrected chi connectivity index (χ3v) is 3.17. The van der Waals surface area contributed by atoms with Crippen molar-refractivity contribution in [1.82, 2.24) is 4.57 Å². The zero-order chi connectivity index (χ0) is 10.9. The Morgan fingerprint density at radius 1 is 1.53 bits per heavy atom. The molecular weight excluding hydrogens is 192 g/mol. The normalized spacial score (nSPS) is 20.1. The number of hydrogen-bond acceptors (Lipinski definition) is 2. The van der Waals surface area contributed by atoms with Gasteiger partial charge in [0, 0.05) is 31.1 Å². The molecule has 0 unspecified atom stereocenters. The first-order valence-corrected chi connectivity index (χ1v) is 5.18. The number of amides is 1. The third-order valence-electron chi connectivity index (χ3n) is 3.17. The minimum absolute atomic E-state index is 0.0615. The predicted molar refractivity (Wildman–Crippen MR) is 56.7 cm³/mol. The summed E-state index contributed by atoms with van der Waals surface area (Å²) < 4.78 is 7.41. The molecule has 0 aliphatic carbocycles. The second kappa shape index (κ2) is 3.70. The van der Waals surface area contributed by atoms with Crippen molar-refractivity contribution in [1.29, 1.82) is 0 Å². The lowest BCUT2D eigenvalue weighted by molar-refractivity contribution is 0.0296. The van der Waals surface area contributed by atoms with Gasteiger partial charge in [0.25, 0.3) is 0 Å². The van der Waals surface area contributed by atoms with Crippen molar-refractivity contribution in [3.05, 3.63) is 24.0 Å². The minimum Gasteiger partial charge on any atom is -0.381 e. The molecule has 1 aromatic heterocycles. The summed E-state index contributed by atoms with van der Waals surface area (Å²) in [6.07, 6.45) is 5.69. The molecule has 0 radical (unpaired) electrons. The lowest BCUT2D eigenvalue weighted by atomic mass is 9.92. The molecule has 2 rings (SSSR count). The first-order valence-electron chi connectivity index (χ1n) is 5.18. The quantitative estimate of drug-likeness (QED) is 0.791. The Morgan fingerprint density at radius 3 is 2.73 bits per heavy atom. The lowest BCUT2D eigenvalue weighted by Gasteiger charge is -2.35. The van der Waals surface area contributed by atoms with E-state index in [0.717, 1.165) is 26.1 Å². The molecule has 0 aromatic carbocycles. The number of carbonyl (C=O) groups excluding carboxylic acids is 1. The monoisotopic (exact) mass is 208 g/mol. The van der Waals surface area contributed by atoms with Crippen molar-refractivity contribution in [2.75, 3.05) is 13.2 Å². The standard InChI is InChI=1S/C11H16N2O2/c1-11(3-6-15-7-4-11)13-5-2-9(8-13)10(12)14/h2,5,8H,3-4,6-7H2,1H3,(H2,12,14). The molecule has 1 aliphatic heterocycles. The van der Waals surface area contributed by atoms with Crippen LogP contribution in [-0.2, 0) is 10.3 Å². The van der Waals surface area contributed by atoms with Gasteiger partial charge in [-0.15, -0.1) is 0 Å². The maximum Gasteiger partial charge on any atom is 0.250 e. The molecule has 1 amide bonds. The van der Waals surface area contributed by atoms with Crippen molar-refractivity contribution in [2.24, 2.45) is 5.73 Å². The summed E-state index contributed by atoms with van der Waals surface area (Å²) in [5, 5.41) is 0. The Morgan fingerprint density at radius 2 is 2.20 bits per heavy atom. The van der Waals surface area contributed by atoms with Gasteiger partial charge in [0.15, 0.2) is 0 Å². The number of primary amides is 1. The number of rotatable bonds is 2. The van der Waals surface area contributed by atoms with Crippen LogP contribution in [0.25, 0.3) is 0 Å². The summed E-state index contributed by atoms with van der Waals surface area (Å²) in [5.41, 5.74) is 5.86. The van der Waals surface area contributed by atoms with Crippen LogP contribution in [0.1, 0.15) is 30.1 Å². The minimum atomic E-state index is -0.371. The molecule has 2 heterocycles. The Hall–Kier alpha value is -1.29. The van der Waals surface area contributed by atoms with Crippen molar-refractivity contribution in [3.8, 4) is 0 Å². The van der Waals surface area contributed by atoms with E-state index in [1.165, 1.54) is 0 Å². The second-order valence-electron chi connectivity index (χ2n) is 4.28. The van der Waals surface area contributed by atoms with Crippen LogP contribution in [-0.4, -0.2) is 23.7 Å².